The van der Waals surface area contributed by atoms with Crippen LogP contribution in [0, 0.1) is 18.8 Å². The zero-order valence-electron chi connectivity index (χ0n) is 21.2. The van der Waals surface area contributed by atoms with Crippen LogP contribution in [-0.2, 0) is 12.8 Å². The highest BCUT2D eigenvalue weighted by molar-refractivity contribution is 5.71. The van der Waals surface area contributed by atoms with E-state index in [2.05, 4.69) is 31.8 Å². The van der Waals surface area contributed by atoms with Gasteiger partial charge in [0.1, 0.15) is 18.2 Å². The Balaban J connectivity index is 1.51. The summed E-state index contributed by atoms with van der Waals surface area (Å²) in [6.07, 6.45) is -3.18. The minimum Gasteiger partial charge on any atom is -0.487 e. The topological polar surface area (TPSA) is 80.8 Å². The molecule has 0 saturated carbocycles. The summed E-state index contributed by atoms with van der Waals surface area (Å²) in [5.41, 5.74) is 1.38. The maximum atomic E-state index is 14.0. The number of ether oxygens (including phenoxy) is 1. The summed E-state index contributed by atoms with van der Waals surface area (Å²) < 4.78 is 47.9. The third-order valence-corrected chi connectivity index (χ3v) is 5.95. The third-order valence-electron chi connectivity index (χ3n) is 5.95. The van der Waals surface area contributed by atoms with Crippen molar-refractivity contribution < 1.29 is 17.9 Å². The van der Waals surface area contributed by atoms with Gasteiger partial charge in [-0.15, -0.1) is 0 Å². The highest BCUT2D eigenvalue weighted by atomic mass is 19.4. The molecule has 0 spiro atoms. The van der Waals surface area contributed by atoms with Crippen molar-refractivity contribution in [2.75, 3.05) is 0 Å². The first-order chi connectivity index (χ1) is 19.3. The summed E-state index contributed by atoms with van der Waals surface area (Å²) in [7, 11) is 0. The van der Waals surface area contributed by atoms with Crippen molar-refractivity contribution in [3.63, 3.8) is 0 Å². The van der Waals surface area contributed by atoms with Gasteiger partial charge in [0.15, 0.2) is 5.82 Å². The van der Waals surface area contributed by atoms with Crippen LogP contribution in [0.2, 0.25) is 0 Å². The molecule has 0 unspecified atom stereocenters. The zero-order valence-corrected chi connectivity index (χ0v) is 21.2. The number of hydrogen-bond acceptors (Lipinski definition) is 5. The second kappa shape index (κ2) is 11.3. The minimum atomic E-state index is -4.74. The molecule has 0 aliphatic rings. The predicted molar refractivity (Wildman–Crippen MR) is 144 cm³/mol. The molecule has 198 valence electrons. The average Bonchev–Trinajstić information content (AvgIpc) is 2.95. The van der Waals surface area contributed by atoms with Gasteiger partial charge in [-0.2, -0.15) is 18.2 Å². The Labute approximate surface area is 227 Å². The number of nitrogens with zero attached hydrogens (tertiary/aromatic N) is 3. The molecule has 2 aromatic heterocycles. The van der Waals surface area contributed by atoms with Crippen molar-refractivity contribution in [3.8, 4) is 40.4 Å². The van der Waals surface area contributed by atoms with Crippen LogP contribution in [0.1, 0.15) is 27.9 Å². The van der Waals surface area contributed by atoms with Gasteiger partial charge in [-0.25, -0.2) is 9.78 Å². The summed E-state index contributed by atoms with van der Waals surface area (Å²) in [6.45, 7) is 1.89. The summed E-state index contributed by atoms with van der Waals surface area (Å²) in [6, 6.07) is 23.2. The number of benzene rings is 3. The Hall–Kier alpha value is -5.23. The summed E-state index contributed by atoms with van der Waals surface area (Å²) in [4.78, 5) is 27.2. The van der Waals surface area contributed by atoms with E-state index in [1.807, 2.05) is 31.2 Å². The number of pyridine rings is 1. The molecule has 6 nitrogen and oxygen atoms in total. The van der Waals surface area contributed by atoms with E-state index in [-0.39, 0.29) is 24.0 Å². The molecular formula is C31H21F3N4O2. The quantitative estimate of drug-likeness (QED) is 0.270. The number of aromatic amines is 1. The van der Waals surface area contributed by atoms with E-state index < -0.39 is 23.0 Å². The van der Waals surface area contributed by atoms with E-state index in [4.69, 9.17) is 4.74 Å². The van der Waals surface area contributed by atoms with E-state index >= 15 is 0 Å². The largest absolute Gasteiger partial charge is 0.487 e. The van der Waals surface area contributed by atoms with E-state index in [9.17, 15) is 18.0 Å². The lowest BCUT2D eigenvalue weighted by Gasteiger charge is -2.17. The van der Waals surface area contributed by atoms with Gasteiger partial charge in [-0.05, 0) is 67.1 Å². The molecule has 9 heteroatoms. The molecule has 40 heavy (non-hydrogen) atoms. The number of alkyl halides is 3. The standard InChI is InChI=1S/C31H21F3N4O2/c1-20-7-2-3-8-22(20)15-12-21-13-16-23(17-14-21)28-36-29(38-30(39)37-28)27-25(31(32,33)34)10-6-11-26(27)40-19-24-9-4-5-18-35-24/h2-11,13-14,16-18H,19H2,1H3,(H,36,37,38,39). The summed E-state index contributed by atoms with van der Waals surface area (Å²) in [5.74, 6) is 5.74. The number of halogens is 3. The van der Waals surface area contributed by atoms with E-state index in [1.54, 1.807) is 48.7 Å². The van der Waals surface area contributed by atoms with Gasteiger partial charge >= 0.3 is 11.9 Å². The Kier molecular flexibility index (Phi) is 7.42. The zero-order chi connectivity index (χ0) is 28.1. The van der Waals surface area contributed by atoms with Crippen LogP contribution in [0.5, 0.6) is 5.75 Å². The summed E-state index contributed by atoms with van der Waals surface area (Å²) >= 11 is 0. The van der Waals surface area contributed by atoms with Crippen molar-refractivity contribution in [2.24, 2.45) is 0 Å². The van der Waals surface area contributed by atoms with Gasteiger partial charge in [-0.3, -0.25) is 9.97 Å². The number of rotatable bonds is 5. The molecule has 5 rings (SSSR count). The molecule has 0 atom stereocenters. The van der Waals surface area contributed by atoms with E-state index in [1.165, 1.54) is 12.1 Å². The van der Waals surface area contributed by atoms with Gasteiger partial charge in [0.2, 0.25) is 0 Å². The Morgan fingerprint density at radius 2 is 1.65 bits per heavy atom. The van der Waals surface area contributed by atoms with Crippen molar-refractivity contribution in [2.45, 2.75) is 19.7 Å². The van der Waals surface area contributed by atoms with E-state index in [0.717, 1.165) is 17.2 Å². The second-order valence-electron chi connectivity index (χ2n) is 8.75. The van der Waals surface area contributed by atoms with Crippen LogP contribution >= 0.6 is 0 Å². The molecule has 0 aliphatic heterocycles. The van der Waals surface area contributed by atoms with Crippen LogP contribution in [0.3, 0.4) is 0 Å². The van der Waals surface area contributed by atoms with Gasteiger partial charge < -0.3 is 4.74 Å². The van der Waals surface area contributed by atoms with Crippen LogP contribution in [-0.4, -0.2) is 19.9 Å². The minimum absolute atomic E-state index is 0.0372. The molecule has 0 radical (unpaired) electrons. The first kappa shape index (κ1) is 26.4. The van der Waals surface area contributed by atoms with Crippen LogP contribution in [0.4, 0.5) is 13.2 Å². The lowest BCUT2D eigenvalue weighted by Crippen LogP contribution is -2.17. The van der Waals surface area contributed by atoms with Crippen molar-refractivity contribution in [1.29, 1.82) is 0 Å². The fourth-order valence-electron chi connectivity index (χ4n) is 3.95. The van der Waals surface area contributed by atoms with Crippen LogP contribution in [0.15, 0.2) is 95.9 Å². The lowest BCUT2D eigenvalue weighted by molar-refractivity contribution is -0.137. The molecule has 0 amide bonds. The first-order valence-corrected chi connectivity index (χ1v) is 12.2. The second-order valence-corrected chi connectivity index (χ2v) is 8.75. The molecule has 0 saturated heterocycles. The van der Waals surface area contributed by atoms with Crippen molar-refractivity contribution >= 4 is 0 Å². The number of aromatic nitrogens is 4. The smallest absolute Gasteiger partial charge is 0.417 e. The Bertz CT molecular complexity index is 1770. The predicted octanol–water partition coefficient (Wildman–Crippen LogP) is 6.20. The maximum Gasteiger partial charge on any atom is 0.417 e. The van der Waals surface area contributed by atoms with Gasteiger partial charge in [0.25, 0.3) is 0 Å². The maximum absolute atomic E-state index is 14.0. The van der Waals surface area contributed by atoms with E-state index in [0.29, 0.717) is 16.8 Å². The molecule has 0 bridgehead atoms. The number of nitrogens with one attached hydrogen (secondary N) is 1. The van der Waals surface area contributed by atoms with Crippen molar-refractivity contribution in [3.05, 3.63) is 130 Å². The SMILES string of the molecule is Cc1ccccc1C#Cc1ccc(-c2nc(-c3c(OCc4ccccn4)cccc3C(F)(F)F)[nH]c(=O)n2)cc1. The number of H-pyrrole nitrogens is 1. The molecule has 2 heterocycles. The summed E-state index contributed by atoms with van der Waals surface area (Å²) in [5, 5.41) is 0. The molecule has 1 N–H and O–H groups in total. The molecular weight excluding hydrogens is 517 g/mol. The fraction of sp³-hybridized carbons (Fsp3) is 0.0968. The molecule has 3 aromatic carbocycles. The first-order valence-electron chi connectivity index (χ1n) is 12.2. The Morgan fingerprint density at radius 1 is 0.875 bits per heavy atom. The fourth-order valence-corrected chi connectivity index (χ4v) is 3.95. The van der Waals surface area contributed by atoms with Crippen LogP contribution < -0.4 is 10.4 Å². The van der Waals surface area contributed by atoms with Gasteiger partial charge in [-0.1, -0.05) is 42.2 Å². The lowest BCUT2D eigenvalue weighted by atomic mass is 10.0. The number of aryl methyl sites for hydroxylation is 1. The van der Waals surface area contributed by atoms with Gasteiger partial charge in [0, 0.05) is 22.9 Å². The van der Waals surface area contributed by atoms with Gasteiger partial charge in [0.05, 0.1) is 16.8 Å². The number of hydrogen-bond donors (Lipinski definition) is 1. The monoisotopic (exact) mass is 538 g/mol. The Morgan fingerprint density at radius 3 is 2.38 bits per heavy atom. The van der Waals surface area contributed by atoms with Crippen molar-refractivity contribution in [1.82, 2.24) is 19.9 Å². The molecule has 0 aliphatic carbocycles. The van der Waals surface area contributed by atoms with Crippen LogP contribution in [0.25, 0.3) is 22.8 Å². The average molecular weight is 539 g/mol. The molecule has 0 fully saturated rings. The highest BCUT2D eigenvalue weighted by Crippen LogP contribution is 2.41. The normalized spacial score (nSPS) is 11.0. The molecule has 5 aromatic rings. The highest BCUT2D eigenvalue weighted by Gasteiger charge is 2.36. The third kappa shape index (κ3) is 6.08.